The van der Waals surface area contributed by atoms with Gasteiger partial charge in [-0.05, 0) is 69.5 Å². The van der Waals surface area contributed by atoms with Crippen molar-refractivity contribution in [1.82, 2.24) is 0 Å². The highest BCUT2D eigenvalue weighted by molar-refractivity contribution is 5.56. The second kappa shape index (κ2) is 9.80. The maximum atomic E-state index is 10.3. The summed E-state index contributed by atoms with van der Waals surface area (Å²) >= 11 is 0. The molecule has 2 aromatic rings. The molecule has 0 radical (unpaired) electrons. The zero-order valence-electron chi connectivity index (χ0n) is 16.4. The van der Waals surface area contributed by atoms with Crippen molar-refractivity contribution in [2.24, 2.45) is 0 Å². The summed E-state index contributed by atoms with van der Waals surface area (Å²) in [5, 5.41) is 20.6. The maximum Gasteiger partial charge on any atom is 0.200 e. The normalized spacial score (nSPS) is 10.5. The summed E-state index contributed by atoms with van der Waals surface area (Å²) in [6.45, 7) is 9.17. The number of phenols is 2. The minimum Gasteiger partial charge on any atom is -0.502 e. The first-order chi connectivity index (χ1) is 13.0. The lowest BCUT2D eigenvalue weighted by Gasteiger charge is -2.15. The number of hydrogen-bond donors (Lipinski definition) is 2. The Morgan fingerprint density at radius 1 is 0.556 bits per heavy atom. The van der Waals surface area contributed by atoms with Crippen molar-refractivity contribution in [1.29, 1.82) is 0 Å². The number of rotatable bonds is 10. The van der Waals surface area contributed by atoms with Crippen LogP contribution in [0.5, 0.6) is 34.5 Å². The molecule has 0 heterocycles. The molecule has 0 saturated heterocycles. The lowest BCUT2D eigenvalue weighted by atomic mass is 10.0. The first-order valence-corrected chi connectivity index (χ1v) is 9.26. The van der Waals surface area contributed by atoms with Crippen molar-refractivity contribution in [3.05, 3.63) is 35.4 Å². The Morgan fingerprint density at radius 3 is 1.04 bits per heavy atom. The fraction of sp³-hybridized carbons (Fsp3) is 0.429. The standard InChI is InChI=1S/C21H28O6/c1-5-24-16-10-14(11-17(20(16)22)25-6-2)9-15-12-18(26-7-3)21(23)19(13-15)27-8-4/h10-13,22-23H,5-9H2,1-4H3. The third kappa shape index (κ3) is 5.12. The van der Waals surface area contributed by atoms with E-state index in [0.717, 1.165) is 11.1 Å². The average molecular weight is 376 g/mol. The Morgan fingerprint density at radius 2 is 0.815 bits per heavy atom. The van der Waals surface area contributed by atoms with Crippen LogP contribution in [0.2, 0.25) is 0 Å². The highest BCUT2D eigenvalue weighted by atomic mass is 16.5. The molecule has 0 unspecified atom stereocenters. The van der Waals surface area contributed by atoms with Crippen LogP contribution in [0.4, 0.5) is 0 Å². The zero-order chi connectivity index (χ0) is 19.8. The van der Waals surface area contributed by atoms with E-state index in [0.29, 0.717) is 55.8 Å². The Bertz CT molecular complexity index is 639. The number of aromatic hydroxyl groups is 2. The van der Waals surface area contributed by atoms with Crippen LogP contribution in [-0.4, -0.2) is 36.6 Å². The topological polar surface area (TPSA) is 77.4 Å². The predicted molar refractivity (Wildman–Crippen MR) is 104 cm³/mol. The van der Waals surface area contributed by atoms with Gasteiger partial charge in [0.2, 0.25) is 11.5 Å². The molecule has 0 spiro atoms. The first kappa shape index (κ1) is 20.6. The van der Waals surface area contributed by atoms with E-state index in [4.69, 9.17) is 18.9 Å². The monoisotopic (exact) mass is 376 g/mol. The second-order valence-electron chi connectivity index (χ2n) is 5.79. The summed E-state index contributed by atoms with van der Waals surface area (Å²) in [7, 11) is 0. The minimum absolute atomic E-state index is 0.00170. The molecule has 0 saturated carbocycles. The molecule has 0 aliphatic rings. The van der Waals surface area contributed by atoms with Gasteiger partial charge in [0.05, 0.1) is 26.4 Å². The van der Waals surface area contributed by atoms with E-state index in [2.05, 4.69) is 0 Å². The number of phenolic OH excluding ortho intramolecular Hbond substituents is 2. The maximum absolute atomic E-state index is 10.3. The summed E-state index contributed by atoms with van der Waals surface area (Å²) in [5.41, 5.74) is 1.80. The van der Waals surface area contributed by atoms with Crippen LogP contribution in [0, 0.1) is 0 Å². The van der Waals surface area contributed by atoms with Gasteiger partial charge < -0.3 is 29.2 Å². The van der Waals surface area contributed by atoms with Gasteiger partial charge in [-0.15, -0.1) is 0 Å². The van der Waals surface area contributed by atoms with E-state index in [9.17, 15) is 10.2 Å². The molecule has 0 bridgehead atoms. The van der Waals surface area contributed by atoms with Crippen LogP contribution < -0.4 is 18.9 Å². The summed E-state index contributed by atoms with van der Waals surface area (Å²) in [6, 6.07) is 7.15. The van der Waals surface area contributed by atoms with Crippen LogP contribution in [0.15, 0.2) is 24.3 Å². The molecule has 2 N–H and O–H groups in total. The van der Waals surface area contributed by atoms with Crippen molar-refractivity contribution >= 4 is 0 Å². The third-order valence-corrected chi connectivity index (χ3v) is 3.81. The van der Waals surface area contributed by atoms with Crippen LogP contribution in [0.1, 0.15) is 38.8 Å². The summed E-state index contributed by atoms with van der Waals surface area (Å²) in [6.07, 6.45) is 0.529. The molecule has 0 fully saturated rings. The molecular formula is C21H28O6. The molecule has 6 heteroatoms. The Balaban J connectivity index is 2.42. The van der Waals surface area contributed by atoms with Gasteiger partial charge in [-0.25, -0.2) is 0 Å². The molecule has 0 aliphatic carbocycles. The quantitative estimate of drug-likeness (QED) is 0.644. The number of benzene rings is 2. The molecule has 0 aromatic heterocycles. The lowest BCUT2D eigenvalue weighted by molar-refractivity contribution is 0.288. The molecule has 2 rings (SSSR count). The molecule has 6 nitrogen and oxygen atoms in total. The Labute approximate surface area is 160 Å². The first-order valence-electron chi connectivity index (χ1n) is 9.26. The van der Waals surface area contributed by atoms with Crippen LogP contribution >= 0.6 is 0 Å². The largest absolute Gasteiger partial charge is 0.502 e. The van der Waals surface area contributed by atoms with E-state index in [1.54, 1.807) is 24.3 Å². The molecule has 2 aromatic carbocycles. The minimum atomic E-state index is -0.00170. The summed E-state index contributed by atoms with van der Waals surface area (Å²) in [4.78, 5) is 0. The van der Waals surface area contributed by atoms with E-state index in [1.807, 2.05) is 27.7 Å². The highest BCUT2D eigenvalue weighted by Crippen LogP contribution is 2.41. The van der Waals surface area contributed by atoms with Crippen molar-refractivity contribution < 1.29 is 29.2 Å². The molecule has 0 aliphatic heterocycles. The van der Waals surface area contributed by atoms with E-state index in [-0.39, 0.29) is 11.5 Å². The van der Waals surface area contributed by atoms with Crippen molar-refractivity contribution in [2.45, 2.75) is 34.1 Å². The van der Waals surface area contributed by atoms with Gasteiger partial charge in [0.15, 0.2) is 23.0 Å². The SMILES string of the molecule is CCOc1cc(Cc2cc(OCC)c(O)c(OCC)c2)cc(OCC)c1O. The van der Waals surface area contributed by atoms with Crippen molar-refractivity contribution in [2.75, 3.05) is 26.4 Å². The average Bonchev–Trinajstić information content (AvgIpc) is 2.63. The second-order valence-corrected chi connectivity index (χ2v) is 5.79. The number of hydrogen-bond acceptors (Lipinski definition) is 6. The van der Waals surface area contributed by atoms with Gasteiger partial charge in [0.25, 0.3) is 0 Å². The summed E-state index contributed by atoms with van der Waals surface area (Å²) < 4.78 is 22.1. The van der Waals surface area contributed by atoms with Gasteiger partial charge in [0.1, 0.15) is 0 Å². The van der Waals surface area contributed by atoms with Gasteiger partial charge >= 0.3 is 0 Å². The smallest absolute Gasteiger partial charge is 0.200 e. The van der Waals surface area contributed by atoms with Crippen LogP contribution in [0.25, 0.3) is 0 Å². The Kier molecular flexibility index (Phi) is 7.46. The molecular weight excluding hydrogens is 348 g/mol. The van der Waals surface area contributed by atoms with Gasteiger partial charge in [-0.2, -0.15) is 0 Å². The molecule has 0 amide bonds. The van der Waals surface area contributed by atoms with Crippen molar-refractivity contribution in [3.63, 3.8) is 0 Å². The third-order valence-electron chi connectivity index (χ3n) is 3.81. The molecule has 27 heavy (non-hydrogen) atoms. The van der Waals surface area contributed by atoms with Crippen molar-refractivity contribution in [3.8, 4) is 34.5 Å². The van der Waals surface area contributed by atoms with E-state index < -0.39 is 0 Å². The summed E-state index contributed by atoms with van der Waals surface area (Å²) in [5.74, 6) is 1.52. The molecule has 148 valence electrons. The number of ether oxygens (including phenoxy) is 4. The van der Waals surface area contributed by atoms with E-state index >= 15 is 0 Å². The lowest BCUT2D eigenvalue weighted by Crippen LogP contribution is -2.01. The fourth-order valence-corrected chi connectivity index (χ4v) is 2.78. The highest BCUT2D eigenvalue weighted by Gasteiger charge is 2.16. The van der Waals surface area contributed by atoms with Gasteiger partial charge in [-0.1, -0.05) is 0 Å². The van der Waals surface area contributed by atoms with E-state index in [1.165, 1.54) is 0 Å². The zero-order valence-corrected chi connectivity index (χ0v) is 16.4. The Hall–Kier alpha value is -2.76. The van der Waals surface area contributed by atoms with Crippen LogP contribution in [0.3, 0.4) is 0 Å². The fourth-order valence-electron chi connectivity index (χ4n) is 2.78. The predicted octanol–water partition coefficient (Wildman–Crippen LogP) is 4.28. The molecule has 0 atom stereocenters. The van der Waals surface area contributed by atoms with Gasteiger partial charge in [-0.3, -0.25) is 0 Å². The van der Waals surface area contributed by atoms with Crippen LogP contribution in [-0.2, 0) is 6.42 Å². The van der Waals surface area contributed by atoms with Gasteiger partial charge in [0, 0.05) is 0 Å².